The second-order valence-corrected chi connectivity index (χ2v) is 19.6. The van der Waals surface area contributed by atoms with E-state index in [9.17, 15) is 19.8 Å². The highest BCUT2D eigenvalue weighted by Crippen LogP contribution is 2.17. The predicted octanol–water partition coefficient (Wildman–Crippen LogP) is 17.5. The molecule has 1 amide bonds. The van der Waals surface area contributed by atoms with Crippen LogP contribution in [0.15, 0.2) is 24.3 Å². The zero-order valence-electron chi connectivity index (χ0n) is 43.0. The maximum absolute atomic E-state index is 12.5. The van der Waals surface area contributed by atoms with Crippen LogP contribution >= 0.6 is 0 Å². The summed E-state index contributed by atoms with van der Waals surface area (Å²) in [6.45, 7) is 4.86. The second-order valence-electron chi connectivity index (χ2n) is 19.6. The molecule has 0 aliphatic rings. The van der Waals surface area contributed by atoms with Crippen LogP contribution in [-0.2, 0) is 14.3 Å². The summed E-state index contributed by atoms with van der Waals surface area (Å²) in [4.78, 5) is 24.5. The molecule has 0 bridgehead atoms. The summed E-state index contributed by atoms with van der Waals surface area (Å²) >= 11 is 0. The summed E-state index contributed by atoms with van der Waals surface area (Å²) in [7, 11) is 0. The van der Waals surface area contributed by atoms with Crippen molar-refractivity contribution in [3.05, 3.63) is 24.3 Å². The summed E-state index contributed by atoms with van der Waals surface area (Å²) in [5.41, 5.74) is 0. The number of esters is 1. The fraction of sp³-hybridized carbons (Fsp3) is 0.897. The molecule has 2 atom stereocenters. The standard InChI is InChI=1S/C58H111NO5/c1-3-5-7-9-11-13-15-16-17-18-19-20-21-22-24-27-31-34-38-42-46-50-56(61)55(54-60)59-57(62)51-47-43-39-35-32-28-25-23-26-29-33-37-41-45-49-53-64-58(63)52-48-44-40-36-30-14-12-10-8-6-4-2/h10,12,46,50,55-56,60-61H,3-9,11,13-45,47-49,51-54H2,1-2H3,(H,59,62)/b12-10-,50-46+. The van der Waals surface area contributed by atoms with Crippen molar-refractivity contribution in [2.45, 2.75) is 321 Å². The molecule has 0 radical (unpaired) electrons. The summed E-state index contributed by atoms with van der Waals surface area (Å²) in [6, 6.07) is -0.635. The third-order valence-corrected chi connectivity index (χ3v) is 13.2. The minimum absolute atomic E-state index is 0.0112. The van der Waals surface area contributed by atoms with Crippen molar-refractivity contribution in [3.8, 4) is 0 Å². The molecule has 6 heteroatoms. The predicted molar refractivity (Wildman–Crippen MR) is 278 cm³/mol. The molecule has 0 saturated carbocycles. The molecule has 0 spiro atoms. The largest absolute Gasteiger partial charge is 0.466 e. The van der Waals surface area contributed by atoms with E-state index in [0.717, 1.165) is 51.4 Å². The Morgan fingerprint density at radius 3 is 1.16 bits per heavy atom. The Hall–Kier alpha value is -1.66. The van der Waals surface area contributed by atoms with Gasteiger partial charge < -0.3 is 20.3 Å². The number of unbranched alkanes of at least 4 members (excludes halogenated alkanes) is 40. The Labute approximate surface area is 399 Å². The molecule has 0 aromatic heterocycles. The van der Waals surface area contributed by atoms with Crippen LogP contribution in [-0.4, -0.2) is 47.4 Å². The fourth-order valence-corrected chi connectivity index (χ4v) is 8.79. The van der Waals surface area contributed by atoms with Crippen molar-refractivity contribution >= 4 is 11.9 Å². The summed E-state index contributed by atoms with van der Waals surface area (Å²) in [6.07, 6.45) is 64.8. The number of nitrogens with one attached hydrogen (secondary N) is 1. The minimum Gasteiger partial charge on any atom is -0.466 e. The normalized spacial score (nSPS) is 12.8. The SMILES string of the molecule is CCCC/C=C\CCCCCCCC(=O)OCCCCCCCCCCCCCCCCCC(=O)NC(CO)C(O)/C=C/CCCCCCCCCCCCCCCCCCCCC. The maximum Gasteiger partial charge on any atom is 0.305 e. The minimum atomic E-state index is -0.851. The van der Waals surface area contributed by atoms with Crippen LogP contribution in [0.25, 0.3) is 0 Å². The average Bonchev–Trinajstić information content (AvgIpc) is 3.29. The van der Waals surface area contributed by atoms with Gasteiger partial charge in [0.15, 0.2) is 0 Å². The summed E-state index contributed by atoms with van der Waals surface area (Å²) < 4.78 is 5.45. The van der Waals surface area contributed by atoms with Crippen LogP contribution in [0.3, 0.4) is 0 Å². The third kappa shape index (κ3) is 49.8. The van der Waals surface area contributed by atoms with Gasteiger partial charge in [-0.05, 0) is 51.4 Å². The Balaban J connectivity index is 3.48. The van der Waals surface area contributed by atoms with Crippen LogP contribution in [0, 0.1) is 0 Å². The molecule has 0 heterocycles. The number of carbonyl (C=O) groups excluding carboxylic acids is 2. The number of allylic oxidation sites excluding steroid dienone is 3. The van der Waals surface area contributed by atoms with Crippen molar-refractivity contribution in [2.75, 3.05) is 13.2 Å². The van der Waals surface area contributed by atoms with Crippen LogP contribution in [0.5, 0.6) is 0 Å². The Morgan fingerprint density at radius 2 is 0.750 bits per heavy atom. The maximum atomic E-state index is 12.5. The number of hydrogen-bond donors (Lipinski definition) is 3. The van der Waals surface area contributed by atoms with Crippen molar-refractivity contribution in [1.82, 2.24) is 5.32 Å². The van der Waals surface area contributed by atoms with Gasteiger partial charge in [0.05, 0.1) is 25.4 Å². The first-order chi connectivity index (χ1) is 31.5. The smallest absolute Gasteiger partial charge is 0.305 e. The molecule has 0 aromatic rings. The zero-order chi connectivity index (χ0) is 46.5. The van der Waals surface area contributed by atoms with E-state index in [1.54, 1.807) is 6.08 Å². The molecule has 0 fully saturated rings. The Kier molecular flexibility index (Phi) is 52.6. The van der Waals surface area contributed by atoms with E-state index in [4.69, 9.17) is 4.74 Å². The van der Waals surface area contributed by atoms with Gasteiger partial charge >= 0.3 is 5.97 Å². The first kappa shape index (κ1) is 62.3. The van der Waals surface area contributed by atoms with Crippen molar-refractivity contribution in [1.29, 1.82) is 0 Å². The molecule has 3 N–H and O–H groups in total. The molecule has 0 aliphatic carbocycles. The highest BCUT2D eigenvalue weighted by molar-refractivity contribution is 5.76. The van der Waals surface area contributed by atoms with E-state index in [-0.39, 0.29) is 18.5 Å². The molecule has 0 rings (SSSR count). The van der Waals surface area contributed by atoms with Crippen molar-refractivity contribution in [2.24, 2.45) is 0 Å². The molecule has 0 aliphatic heterocycles. The lowest BCUT2D eigenvalue weighted by Gasteiger charge is -2.20. The van der Waals surface area contributed by atoms with Gasteiger partial charge in [0.25, 0.3) is 0 Å². The number of carbonyl (C=O) groups is 2. The van der Waals surface area contributed by atoms with Gasteiger partial charge in [-0.1, -0.05) is 269 Å². The molecule has 64 heavy (non-hydrogen) atoms. The number of aliphatic hydroxyl groups excluding tert-OH is 2. The van der Waals surface area contributed by atoms with E-state index >= 15 is 0 Å². The van der Waals surface area contributed by atoms with E-state index in [1.807, 2.05) is 6.08 Å². The van der Waals surface area contributed by atoms with E-state index in [1.165, 1.54) is 231 Å². The molecule has 0 aromatic carbocycles. The van der Waals surface area contributed by atoms with E-state index in [2.05, 4.69) is 31.3 Å². The number of aliphatic hydroxyl groups is 2. The third-order valence-electron chi connectivity index (χ3n) is 13.2. The fourth-order valence-electron chi connectivity index (χ4n) is 8.79. The Bertz CT molecular complexity index is 997. The number of amides is 1. The molecular weight excluding hydrogens is 791 g/mol. The number of ether oxygens (including phenoxy) is 1. The lowest BCUT2D eigenvalue weighted by Crippen LogP contribution is -2.45. The summed E-state index contributed by atoms with van der Waals surface area (Å²) in [5, 5.41) is 23.2. The molecular formula is C58H111NO5. The Morgan fingerprint density at radius 1 is 0.422 bits per heavy atom. The van der Waals surface area contributed by atoms with E-state index < -0.39 is 12.1 Å². The number of rotatable bonds is 53. The zero-order valence-corrected chi connectivity index (χ0v) is 43.0. The highest BCUT2D eigenvalue weighted by Gasteiger charge is 2.18. The van der Waals surface area contributed by atoms with Crippen LogP contribution in [0.2, 0.25) is 0 Å². The van der Waals surface area contributed by atoms with Gasteiger partial charge in [0.1, 0.15) is 0 Å². The highest BCUT2D eigenvalue weighted by atomic mass is 16.5. The first-order valence-corrected chi connectivity index (χ1v) is 28.6. The van der Waals surface area contributed by atoms with E-state index in [0.29, 0.717) is 19.4 Å². The van der Waals surface area contributed by atoms with Crippen LogP contribution < -0.4 is 5.32 Å². The van der Waals surface area contributed by atoms with Gasteiger partial charge in [0, 0.05) is 12.8 Å². The molecule has 6 nitrogen and oxygen atoms in total. The molecule has 2 unspecified atom stereocenters. The topological polar surface area (TPSA) is 95.9 Å². The first-order valence-electron chi connectivity index (χ1n) is 28.6. The van der Waals surface area contributed by atoms with Gasteiger partial charge in [-0.2, -0.15) is 0 Å². The van der Waals surface area contributed by atoms with Crippen molar-refractivity contribution in [3.63, 3.8) is 0 Å². The lowest BCUT2D eigenvalue weighted by atomic mass is 10.0. The van der Waals surface area contributed by atoms with Gasteiger partial charge in [0.2, 0.25) is 5.91 Å². The molecule has 0 saturated heterocycles. The van der Waals surface area contributed by atoms with Crippen molar-refractivity contribution < 1.29 is 24.5 Å². The second kappa shape index (κ2) is 54.0. The van der Waals surface area contributed by atoms with Crippen LogP contribution in [0.4, 0.5) is 0 Å². The monoisotopic (exact) mass is 902 g/mol. The van der Waals surface area contributed by atoms with Gasteiger partial charge in [-0.15, -0.1) is 0 Å². The summed E-state index contributed by atoms with van der Waals surface area (Å²) in [5.74, 6) is -0.0856. The molecule has 378 valence electrons. The van der Waals surface area contributed by atoms with Crippen LogP contribution in [0.1, 0.15) is 309 Å². The van der Waals surface area contributed by atoms with Gasteiger partial charge in [-0.3, -0.25) is 9.59 Å². The quantitative estimate of drug-likeness (QED) is 0.0321. The lowest BCUT2D eigenvalue weighted by molar-refractivity contribution is -0.143. The van der Waals surface area contributed by atoms with Gasteiger partial charge in [-0.25, -0.2) is 0 Å². The number of hydrogen-bond acceptors (Lipinski definition) is 5. The average molecular weight is 903 g/mol.